The van der Waals surface area contributed by atoms with E-state index < -0.39 is 0 Å². The van der Waals surface area contributed by atoms with Gasteiger partial charge in [0.1, 0.15) is 0 Å². The maximum Gasteiger partial charge on any atom is 0.152 e. The van der Waals surface area contributed by atoms with Crippen LogP contribution in [0.2, 0.25) is 0 Å². The van der Waals surface area contributed by atoms with Crippen molar-refractivity contribution in [1.82, 2.24) is 9.38 Å². The largest absolute Gasteiger partial charge is 0.314 e. The number of rotatable bonds is 2. The fraction of sp³-hybridized carbons (Fsp3) is 0. The zero-order chi connectivity index (χ0) is 11.7. The molecule has 3 nitrogen and oxygen atoms in total. The van der Waals surface area contributed by atoms with Crippen molar-refractivity contribution in [1.29, 1.82) is 0 Å². The van der Waals surface area contributed by atoms with Crippen molar-refractivity contribution in [3.05, 3.63) is 60.4 Å². The summed E-state index contributed by atoms with van der Waals surface area (Å²) in [4.78, 5) is 15.4. The van der Waals surface area contributed by atoms with Gasteiger partial charge in [-0.3, -0.25) is 9.78 Å². The Bertz CT molecular complexity index is 671. The van der Waals surface area contributed by atoms with Crippen LogP contribution < -0.4 is 0 Å². The SMILES string of the molecule is O=Cc1cc2ccccn2c1-c1ccccn1. The van der Waals surface area contributed by atoms with Gasteiger partial charge in [0.15, 0.2) is 6.29 Å². The van der Waals surface area contributed by atoms with E-state index >= 15 is 0 Å². The van der Waals surface area contributed by atoms with E-state index in [0.29, 0.717) is 5.56 Å². The first-order valence-corrected chi connectivity index (χ1v) is 5.37. The van der Waals surface area contributed by atoms with E-state index in [1.165, 1.54) is 0 Å². The Morgan fingerprint density at radius 1 is 1.12 bits per heavy atom. The van der Waals surface area contributed by atoms with Crippen molar-refractivity contribution >= 4 is 11.8 Å². The molecule has 17 heavy (non-hydrogen) atoms. The summed E-state index contributed by atoms with van der Waals surface area (Å²) < 4.78 is 1.98. The molecule has 3 rings (SSSR count). The van der Waals surface area contributed by atoms with Crippen molar-refractivity contribution in [2.75, 3.05) is 0 Å². The molecule has 0 atom stereocenters. The van der Waals surface area contributed by atoms with Crippen molar-refractivity contribution in [2.24, 2.45) is 0 Å². The molecule has 3 aromatic rings. The summed E-state index contributed by atoms with van der Waals surface area (Å²) >= 11 is 0. The van der Waals surface area contributed by atoms with Crippen molar-refractivity contribution in [2.45, 2.75) is 0 Å². The van der Waals surface area contributed by atoms with Crippen LogP contribution in [0.15, 0.2) is 54.9 Å². The average Bonchev–Trinajstić information content (AvgIpc) is 2.78. The highest BCUT2D eigenvalue weighted by Crippen LogP contribution is 2.24. The van der Waals surface area contributed by atoms with E-state index in [1.54, 1.807) is 6.20 Å². The average molecular weight is 222 g/mol. The minimum atomic E-state index is 0.662. The summed E-state index contributed by atoms with van der Waals surface area (Å²) in [5, 5.41) is 0. The number of carbonyl (C=O) groups excluding carboxylic acids is 1. The molecule has 0 bridgehead atoms. The molecule has 0 saturated carbocycles. The van der Waals surface area contributed by atoms with Gasteiger partial charge in [0.2, 0.25) is 0 Å². The highest BCUT2D eigenvalue weighted by molar-refractivity contribution is 5.89. The molecule has 0 saturated heterocycles. The summed E-state index contributed by atoms with van der Waals surface area (Å²) in [6, 6.07) is 13.4. The number of aldehydes is 1. The van der Waals surface area contributed by atoms with Crippen LogP contribution in [-0.4, -0.2) is 15.7 Å². The molecule has 0 aromatic carbocycles. The number of nitrogens with zero attached hydrogens (tertiary/aromatic N) is 2. The zero-order valence-electron chi connectivity index (χ0n) is 9.08. The lowest BCUT2D eigenvalue weighted by Crippen LogP contribution is -1.92. The predicted octanol–water partition coefficient (Wildman–Crippen LogP) is 2.81. The summed E-state index contributed by atoms with van der Waals surface area (Å²) in [7, 11) is 0. The van der Waals surface area contributed by atoms with Gasteiger partial charge in [0.05, 0.1) is 11.4 Å². The Kier molecular flexibility index (Phi) is 2.22. The lowest BCUT2D eigenvalue weighted by atomic mass is 10.2. The normalized spacial score (nSPS) is 10.6. The summed E-state index contributed by atoms with van der Waals surface area (Å²) in [5.74, 6) is 0. The topological polar surface area (TPSA) is 34.4 Å². The molecular weight excluding hydrogens is 212 g/mol. The van der Waals surface area contributed by atoms with Gasteiger partial charge in [-0.1, -0.05) is 12.1 Å². The molecule has 0 aliphatic rings. The second-order valence-corrected chi connectivity index (χ2v) is 3.78. The van der Waals surface area contributed by atoms with Gasteiger partial charge in [0.25, 0.3) is 0 Å². The Hall–Kier alpha value is -2.42. The van der Waals surface area contributed by atoms with Crippen LogP contribution in [0.25, 0.3) is 16.9 Å². The summed E-state index contributed by atoms with van der Waals surface area (Å²) in [6.45, 7) is 0. The molecule has 0 aliphatic carbocycles. The van der Waals surface area contributed by atoms with Crippen molar-refractivity contribution in [3.63, 3.8) is 0 Å². The molecule has 0 spiro atoms. The van der Waals surface area contributed by atoms with Crippen molar-refractivity contribution < 1.29 is 4.79 Å². The van der Waals surface area contributed by atoms with E-state index in [9.17, 15) is 4.79 Å². The van der Waals surface area contributed by atoms with Crippen molar-refractivity contribution in [3.8, 4) is 11.4 Å². The lowest BCUT2D eigenvalue weighted by Gasteiger charge is -2.02. The third-order valence-corrected chi connectivity index (χ3v) is 2.74. The molecule has 0 unspecified atom stereocenters. The van der Waals surface area contributed by atoms with Gasteiger partial charge in [-0.15, -0.1) is 0 Å². The second kappa shape index (κ2) is 3.87. The monoisotopic (exact) mass is 222 g/mol. The summed E-state index contributed by atoms with van der Waals surface area (Å²) in [6.07, 6.45) is 4.54. The molecule has 3 heteroatoms. The van der Waals surface area contributed by atoms with Gasteiger partial charge in [-0.05, 0) is 30.3 Å². The van der Waals surface area contributed by atoms with E-state index in [1.807, 2.05) is 53.1 Å². The van der Waals surface area contributed by atoms with Crippen LogP contribution in [0, 0.1) is 0 Å². The van der Waals surface area contributed by atoms with Gasteiger partial charge in [-0.2, -0.15) is 0 Å². The molecule has 82 valence electrons. The highest BCUT2D eigenvalue weighted by atomic mass is 16.1. The maximum atomic E-state index is 11.1. The number of aromatic nitrogens is 2. The van der Waals surface area contributed by atoms with Crippen LogP contribution in [0.4, 0.5) is 0 Å². The van der Waals surface area contributed by atoms with Gasteiger partial charge >= 0.3 is 0 Å². The first kappa shape index (κ1) is 9.78. The van der Waals surface area contributed by atoms with Crippen LogP contribution in [-0.2, 0) is 0 Å². The number of pyridine rings is 2. The van der Waals surface area contributed by atoms with E-state index in [0.717, 1.165) is 23.2 Å². The molecule has 0 amide bonds. The molecule has 0 aliphatic heterocycles. The van der Waals surface area contributed by atoms with Crippen LogP contribution in [0.3, 0.4) is 0 Å². The predicted molar refractivity (Wildman–Crippen MR) is 66.0 cm³/mol. The first-order chi connectivity index (χ1) is 8.40. The van der Waals surface area contributed by atoms with Gasteiger partial charge < -0.3 is 4.40 Å². The standard InChI is InChI=1S/C14H10N2O/c17-10-11-9-12-5-2-4-8-16(12)14(11)13-6-1-3-7-15-13/h1-10H. The Morgan fingerprint density at radius 3 is 2.76 bits per heavy atom. The van der Waals surface area contributed by atoms with E-state index in [-0.39, 0.29) is 0 Å². The zero-order valence-corrected chi connectivity index (χ0v) is 9.08. The molecule has 0 fully saturated rings. The van der Waals surface area contributed by atoms with Crippen LogP contribution in [0.5, 0.6) is 0 Å². The number of fused-ring (bicyclic) bond motifs is 1. The third-order valence-electron chi connectivity index (χ3n) is 2.74. The maximum absolute atomic E-state index is 11.1. The summed E-state index contributed by atoms with van der Waals surface area (Å²) in [5.41, 5.74) is 3.31. The smallest absolute Gasteiger partial charge is 0.152 e. The number of carbonyl (C=O) groups is 1. The molecule has 3 heterocycles. The number of hydrogen-bond acceptors (Lipinski definition) is 2. The number of hydrogen-bond donors (Lipinski definition) is 0. The lowest BCUT2D eigenvalue weighted by molar-refractivity contribution is 0.112. The minimum Gasteiger partial charge on any atom is -0.314 e. The third kappa shape index (κ3) is 1.52. The molecule has 0 N–H and O–H groups in total. The fourth-order valence-electron chi connectivity index (χ4n) is 2.01. The fourth-order valence-corrected chi connectivity index (χ4v) is 2.01. The van der Waals surface area contributed by atoms with E-state index in [4.69, 9.17) is 0 Å². The van der Waals surface area contributed by atoms with Crippen LogP contribution in [0.1, 0.15) is 10.4 Å². The second-order valence-electron chi connectivity index (χ2n) is 3.78. The van der Waals surface area contributed by atoms with Crippen LogP contribution >= 0.6 is 0 Å². The quantitative estimate of drug-likeness (QED) is 0.625. The highest BCUT2D eigenvalue weighted by Gasteiger charge is 2.11. The molecule has 3 aromatic heterocycles. The first-order valence-electron chi connectivity index (χ1n) is 5.37. The molecular formula is C14H10N2O. The Morgan fingerprint density at radius 2 is 2.00 bits per heavy atom. The van der Waals surface area contributed by atoms with Gasteiger partial charge in [0, 0.05) is 23.5 Å². The molecule has 0 radical (unpaired) electrons. The minimum absolute atomic E-state index is 0.662. The van der Waals surface area contributed by atoms with Gasteiger partial charge in [-0.25, -0.2) is 0 Å². The Labute approximate surface area is 98.4 Å². The Balaban J connectivity index is 2.38. The van der Waals surface area contributed by atoms with E-state index in [2.05, 4.69) is 4.98 Å².